The maximum absolute atomic E-state index is 5.75. The molecule has 0 radical (unpaired) electrons. The minimum Gasteiger partial charge on any atom is -0.380 e. The molecule has 0 rings (SSSR count). The number of unbranched alkanes of at least 4 members (excludes halogenated alkanes) is 4. The van der Waals surface area contributed by atoms with Gasteiger partial charge in [-0.3, -0.25) is 0 Å². The number of hydrogen-bond acceptors (Lipinski definition) is 9. The van der Waals surface area contributed by atoms with E-state index in [2.05, 4.69) is 11.9 Å². The van der Waals surface area contributed by atoms with E-state index < -0.39 is 17.6 Å². The van der Waals surface area contributed by atoms with Crippen molar-refractivity contribution in [3.63, 3.8) is 0 Å². The second-order valence-electron chi connectivity index (χ2n) is 7.74. The third kappa shape index (κ3) is 14.4. The number of rotatable bonds is 24. The standard InChI is InChI=1S/C21H49NO8Si2/c1-22(14-18-29-16-10-8-12-20-31(23-2,24-3)25-4)15-19-30-17-11-9-13-21-32(26-5,27-6)28-7/h8-21H2,1-7H3. The average Bonchev–Trinajstić information content (AvgIpc) is 2.83. The quantitative estimate of drug-likeness (QED) is 0.147. The summed E-state index contributed by atoms with van der Waals surface area (Å²) in [6, 6.07) is 1.68. The van der Waals surface area contributed by atoms with Gasteiger partial charge in [0.1, 0.15) is 0 Å². The van der Waals surface area contributed by atoms with Gasteiger partial charge in [-0.15, -0.1) is 0 Å². The molecule has 0 aromatic rings. The summed E-state index contributed by atoms with van der Waals surface area (Å²) in [5.74, 6) is 0. The number of hydrogen-bond donors (Lipinski definition) is 0. The number of ether oxygens (including phenoxy) is 2. The molecule has 0 amide bonds. The Hall–Kier alpha value is 0.0738. The minimum absolute atomic E-state index is 0.744. The molecule has 9 nitrogen and oxygen atoms in total. The van der Waals surface area contributed by atoms with Crippen LogP contribution in [0.15, 0.2) is 0 Å². The first kappa shape index (κ1) is 32.1. The molecule has 0 bridgehead atoms. The van der Waals surface area contributed by atoms with Crippen LogP contribution in [0, 0.1) is 0 Å². The van der Waals surface area contributed by atoms with Crippen molar-refractivity contribution in [2.75, 3.05) is 89.2 Å². The van der Waals surface area contributed by atoms with E-state index in [1.165, 1.54) is 0 Å². The highest BCUT2D eigenvalue weighted by molar-refractivity contribution is 6.60. The SMILES string of the molecule is CO[Si](CCCCCOCCN(C)CCOCCCCC[Si](OC)(OC)OC)(OC)OC. The topological polar surface area (TPSA) is 77.1 Å². The molecular weight excluding hydrogens is 450 g/mol. The Morgan fingerprint density at radius 2 is 0.812 bits per heavy atom. The molecule has 0 aromatic carbocycles. The van der Waals surface area contributed by atoms with Crippen LogP contribution in [-0.4, -0.2) is 112 Å². The maximum Gasteiger partial charge on any atom is 0.500 e. The van der Waals surface area contributed by atoms with Crippen LogP contribution < -0.4 is 0 Å². The fraction of sp³-hybridized carbons (Fsp3) is 1.00. The van der Waals surface area contributed by atoms with Gasteiger partial charge in [-0.05, 0) is 32.7 Å². The fourth-order valence-electron chi connectivity index (χ4n) is 3.31. The first-order valence-electron chi connectivity index (χ1n) is 11.6. The van der Waals surface area contributed by atoms with Crippen molar-refractivity contribution >= 4 is 17.6 Å². The lowest BCUT2D eigenvalue weighted by Gasteiger charge is -2.24. The van der Waals surface area contributed by atoms with E-state index >= 15 is 0 Å². The molecule has 32 heavy (non-hydrogen) atoms. The smallest absolute Gasteiger partial charge is 0.380 e. The predicted octanol–water partition coefficient (Wildman–Crippen LogP) is 3.05. The molecule has 0 unspecified atom stereocenters. The molecule has 0 aromatic heterocycles. The van der Waals surface area contributed by atoms with Crippen molar-refractivity contribution in [1.82, 2.24) is 4.90 Å². The van der Waals surface area contributed by atoms with Gasteiger partial charge in [-0.25, -0.2) is 0 Å². The van der Waals surface area contributed by atoms with Gasteiger partial charge in [0.2, 0.25) is 0 Å². The zero-order valence-corrected chi connectivity index (χ0v) is 23.6. The van der Waals surface area contributed by atoms with E-state index in [0.29, 0.717) is 0 Å². The van der Waals surface area contributed by atoms with Gasteiger partial charge in [-0.1, -0.05) is 12.8 Å². The zero-order chi connectivity index (χ0) is 24.1. The van der Waals surface area contributed by atoms with Crippen LogP contribution in [-0.2, 0) is 36.0 Å². The lowest BCUT2D eigenvalue weighted by atomic mass is 10.3. The highest BCUT2D eigenvalue weighted by atomic mass is 28.4. The average molecular weight is 500 g/mol. The second-order valence-corrected chi connectivity index (χ2v) is 13.9. The number of likely N-dealkylation sites (N-methyl/N-ethyl adjacent to an activating group) is 1. The second kappa shape index (κ2) is 20.4. The predicted molar refractivity (Wildman–Crippen MR) is 130 cm³/mol. The molecule has 0 saturated heterocycles. The normalized spacial score (nSPS) is 12.8. The highest BCUT2D eigenvalue weighted by Crippen LogP contribution is 2.18. The summed E-state index contributed by atoms with van der Waals surface area (Å²) < 4.78 is 44.1. The molecule has 0 fully saturated rings. The number of nitrogens with zero attached hydrogens (tertiary/aromatic N) is 1. The molecule has 0 aliphatic heterocycles. The van der Waals surface area contributed by atoms with Crippen LogP contribution in [0.3, 0.4) is 0 Å². The Labute approximate surface area is 198 Å². The Bertz CT molecular complexity index is 363. The van der Waals surface area contributed by atoms with Gasteiger partial charge >= 0.3 is 17.6 Å². The summed E-state index contributed by atoms with van der Waals surface area (Å²) >= 11 is 0. The summed E-state index contributed by atoms with van der Waals surface area (Å²) in [5, 5.41) is 0. The summed E-state index contributed by atoms with van der Waals surface area (Å²) in [4.78, 5) is 2.24. The molecule has 0 spiro atoms. The Morgan fingerprint density at radius 1 is 0.469 bits per heavy atom. The van der Waals surface area contributed by atoms with Crippen LogP contribution in [0.4, 0.5) is 0 Å². The van der Waals surface area contributed by atoms with Gasteiger partial charge in [0, 0.05) is 81.1 Å². The molecule has 11 heteroatoms. The first-order valence-corrected chi connectivity index (χ1v) is 15.5. The van der Waals surface area contributed by atoms with Gasteiger partial charge in [0.05, 0.1) is 13.2 Å². The van der Waals surface area contributed by atoms with Gasteiger partial charge in [-0.2, -0.15) is 0 Å². The molecule has 0 aliphatic rings. The molecule has 194 valence electrons. The third-order valence-electron chi connectivity index (χ3n) is 5.64. The summed E-state index contributed by atoms with van der Waals surface area (Å²) in [7, 11) is 7.20. The van der Waals surface area contributed by atoms with E-state index in [1.807, 2.05) is 0 Å². The highest BCUT2D eigenvalue weighted by Gasteiger charge is 2.37. The minimum atomic E-state index is -2.42. The Morgan fingerprint density at radius 3 is 1.12 bits per heavy atom. The van der Waals surface area contributed by atoms with Gasteiger partial charge in [0.15, 0.2) is 0 Å². The van der Waals surface area contributed by atoms with Crippen molar-refractivity contribution in [3.05, 3.63) is 0 Å². The monoisotopic (exact) mass is 499 g/mol. The van der Waals surface area contributed by atoms with Crippen LogP contribution >= 0.6 is 0 Å². The van der Waals surface area contributed by atoms with Gasteiger partial charge < -0.3 is 40.9 Å². The molecule has 0 heterocycles. The molecule has 0 aliphatic carbocycles. The Kier molecular flexibility index (Phi) is 20.5. The van der Waals surface area contributed by atoms with E-state index in [-0.39, 0.29) is 0 Å². The molecular formula is C21H49NO8Si2. The van der Waals surface area contributed by atoms with E-state index in [0.717, 1.165) is 90.1 Å². The van der Waals surface area contributed by atoms with Crippen molar-refractivity contribution < 1.29 is 36.0 Å². The van der Waals surface area contributed by atoms with Crippen molar-refractivity contribution in [2.24, 2.45) is 0 Å². The van der Waals surface area contributed by atoms with Crippen LogP contribution in [0.2, 0.25) is 12.1 Å². The summed E-state index contributed by atoms with van der Waals surface area (Å²) in [5.41, 5.74) is 0. The van der Waals surface area contributed by atoms with Gasteiger partial charge in [0.25, 0.3) is 0 Å². The van der Waals surface area contributed by atoms with Crippen LogP contribution in [0.1, 0.15) is 38.5 Å². The fourth-order valence-corrected chi connectivity index (χ4v) is 6.90. The summed E-state index contributed by atoms with van der Waals surface area (Å²) in [6.45, 7) is 4.87. The van der Waals surface area contributed by atoms with Crippen molar-refractivity contribution in [3.8, 4) is 0 Å². The maximum atomic E-state index is 5.75. The van der Waals surface area contributed by atoms with Crippen LogP contribution in [0.5, 0.6) is 0 Å². The van der Waals surface area contributed by atoms with E-state index in [1.54, 1.807) is 42.7 Å². The Balaban J connectivity index is 3.51. The van der Waals surface area contributed by atoms with E-state index in [9.17, 15) is 0 Å². The van der Waals surface area contributed by atoms with Crippen molar-refractivity contribution in [2.45, 2.75) is 50.6 Å². The first-order chi connectivity index (χ1) is 15.5. The van der Waals surface area contributed by atoms with Crippen molar-refractivity contribution in [1.29, 1.82) is 0 Å². The molecule has 0 atom stereocenters. The summed E-state index contributed by atoms with van der Waals surface area (Å²) in [6.07, 6.45) is 6.29. The third-order valence-corrected chi connectivity index (χ3v) is 11.3. The molecule has 0 saturated carbocycles. The lowest BCUT2D eigenvalue weighted by molar-refractivity contribution is 0.0810. The zero-order valence-electron chi connectivity index (χ0n) is 21.6. The lowest BCUT2D eigenvalue weighted by Crippen LogP contribution is -2.42. The van der Waals surface area contributed by atoms with Crippen LogP contribution in [0.25, 0.3) is 0 Å². The molecule has 0 N–H and O–H groups in total. The van der Waals surface area contributed by atoms with E-state index in [4.69, 9.17) is 36.0 Å². The largest absolute Gasteiger partial charge is 0.500 e.